The zero-order chi connectivity index (χ0) is 24.4. The number of hydrogen-bond donors (Lipinski definition) is 0. The number of esters is 1. The monoisotopic (exact) mass is 516 g/mol. The van der Waals surface area contributed by atoms with Gasteiger partial charge in [0.2, 0.25) is 0 Å². The Labute approximate surface area is 211 Å². The minimum atomic E-state index is -0.550. The van der Waals surface area contributed by atoms with Gasteiger partial charge in [0.1, 0.15) is 29.5 Å². The Bertz CT molecular complexity index is 1300. The van der Waals surface area contributed by atoms with E-state index in [0.29, 0.717) is 38.6 Å². The van der Waals surface area contributed by atoms with Crippen molar-refractivity contribution in [3.8, 4) is 17.1 Å². The Kier molecular flexibility index (Phi) is 6.92. The lowest BCUT2D eigenvalue weighted by atomic mass is 10.2. The second-order valence-electron chi connectivity index (χ2n) is 7.14. The van der Waals surface area contributed by atoms with Gasteiger partial charge in [-0.3, -0.25) is 14.5 Å². The molecule has 1 aliphatic heterocycles. The van der Waals surface area contributed by atoms with Crippen molar-refractivity contribution in [1.29, 1.82) is 0 Å². The standard InChI is InChI=1S/C24H18Cl2N2O5S/c1-31-16-6-4-15(5-7-16)28-23(30)20(27(24(28)34)13-22(29)32-2)12-17-8-10-21(33-17)18-9-3-14(25)11-19(18)26/h3-12H,13H2,1-2H3/b20-12-. The summed E-state index contributed by atoms with van der Waals surface area (Å²) < 4.78 is 15.9. The summed E-state index contributed by atoms with van der Waals surface area (Å²) in [5.41, 5.74) is 1.34. The minimum absolute atomic E-state index is 0.138. The molecule has 10 heteroatoms. The Morgan fingerprint density at radius 2 is 1.82 bits per heavy atom. The van der Waals surface area contributed by atoms with Gasteiger partial charge in [-0.2, -0.15) is 0 Å². The fourth-order valence-corrected chi connectivity index (χ4v) is 4.24. The molecular formula is C24H18Cl2N2O5S. The molecule has 4 rings (SSSR count). The first-order valence-electron chi connectivity index (χ1n) is 9.96. The largest absolute Gasteiger partial charge is 0.497 e. The molecule has 2 heterocycles. The summed E-state index contributed by atoms with van der Waals surface area (Å²) >= 11 is 17.8. The van der Waals surface area contributed by atoms with Gasteiger partial charge in [0.05, 0.1) is 24.9 Å². The maximum absolute atomic E-state index is 13.4. The van der Waals surface area contributed by atoms with Crippen LogP contribution in [-0.2, 0) is 14.3 Å². The molecule has 34 heavy (non-hydrogen) atoms. The smallest absolute Gasteiger partial charge is 0.325 e. The van der Waals surface area contributed by atoms with Crippen molar-refractivity contribution in [2.75, 3.05) is 25.7 Å². The third-order valence-electron chi connectivity index (χ3n) is 5.08. The van der Waals surface area contributed by atoms with Crippen LogP contribution in [0.1, 0.15) is 5.76 Å². The number of benzene rings is 2. The highest BCUT2D eigenvalue weighted by Crippen LogP contribution is 2.34. The number of methoxy groups -OCH3 is 2. The summed E-state index contributed by atoms with van der Waals surface area (Å²) in [7, 11) is 2.82. The molecule has 1 aliphatic rings. The summed E-state index contributed by atoms with van der Waals surface area (Å²) in [6.07, 6.45) is 1.52. The number of ether oxygens (including phenoxy) is 2. The van der Waals surface area contributed by atoms with Crippen molar-refractivity contribution in [1.82, 2.24) is 4.90 Å². The van der Waals surface area contributed by atoms with Crippen LogP contribution in [0.2, 0.25) is 10.0 Å². The molecule has 0 atom stereocenters. The molecule has 1 aromatic heterocycles. The van der Waals surface area contributed by atoms with Gasteiger partial charge in [-0.25, -0.2) is 0 Å². The third kappa shape index (κ3) is 4.65. The summed E-state index contributed by atoms with van der Waals surface area (Å²) in [5.74, 6) is 0.534. The number of anilines is 1. The van der Waals surface area contributed by atoms with Crippen molar-refractivity contribution in [3.05, 3.63) is 76.1 Å². The zero-order valence-electron chi connectivity index (χ0n) is 18.1. The van der Waals surface area contributed by atoms with E-state index in [4.69, 9.17) is 49.3 Å². The molecule has 7 nitrogen and oxygen atoms in total. The molecule has 1 amide bonds. The number of thiocarbonyl (C=S) groups is 1. The van der Waals surface area contributed by atoms with E-state index >= 15 is 0 Å². The van der Waals surface area contributed by atoms with Gasteiger partial charge < -0.3 is 18.8 Å². The van der Waals surface area contributed by atoms with E-state index in [1.54, 1.807) is 61.7 Å². The number of amides is 1. The molecule has 3 aromatic rings. The summed E-state index contributed by atoms with van der Waals surface area (Å²) in [4.78, 5) is 28.2. The first-order valence-corrected chi connectivity index (χ1v) is 11.1. The predicted molar refractivity (Wildman–Crippen MR) is 134 cm³/mol. The molecule has 174 valence electrons. The van der Waals surface area contributed by atoms with E-state index in [9.17, 15) is 9.59 Å². The SMILES string of the molecule is COC(=O)CN1C(=S)N(c2ccc(OC)cc2)C(=O)/C1=C/c1ccc(-c2ccc(Cl)cc2Cl)o1. The fraction of sp³-hybridized carbons (Fsp3) is 0.125. The highest BCUT2D eigenvalue weighted by Gasteiger charge is 2.40. The number of carbonyl (C=O) groups is 2. The van der Waals surface area contributed by atoms with Gasteiger partial charge in [0.25, 0.3) is 5.91 Å². The fourth-order valence-electron chi connectivity index (χ4n) is 3.38. The molecule has 0 radical (unpaired) electrons. The Hall–Kier alpha value is -3.33. The molecule has 0 unspecified atom stereocenters. The quantitative estimate of drug-likeness (QED) is 0.246. The molecule has 0 bridgehead atoms. The van der Waals surface area contributed by atoms with Crippen molar-refractivity contribution in [2.24, 2.45) is 0 Å². The molecular weight excluding hydrogens is 499 g/mol. The van der Waals surface area contributed by atoms with E-state index in [-0.39, 0.29) is 17.4 Å². The average Bonchev–Trinajstić information content (AvgIpc) is 3.37. The number of furan rings is 1. The van der Waals surface area contributed by atoms with Crippen molar-refractivity contribution >= 4 is 64.2 Å². The van der Waals surface area contributed by atoms with Crippen molar-refractivity contribution in [2.45, 2.75) is 0 Å². The highest BCUT2D eigenvalue weighted by molar-refractivity contribution is 7.80. The summed E-state index contributed by atoms with van der Waals surface area (Å²) in [6.45, 7) is -0.240. The summed E-state index contributed by atoms with van der Waals surface area (Å²) in [6, 6.07) is 15.3. The van der Waals surface area contributed by atoms with E-state index in [1.807, 2.05) is 0 Å². The lowest BCUT2D eigenvalue weighted by Gasteiger charge is -2.19. The number of carbonyl (C=O) groups excluding carboxylic acids is 2. The molecule has 0 aliphatic carbocycles. The van der Waals surface area contributed by atoms with Crippen LogP contribution < -0.4 is 9.64 Å². The van der Waals surface area contributed by atoms with Crippen LogP contribution in [0, 0.1) is 0 Å². The second-order valence-corrected chi connectivity index (χ2v) is 8.35. The van der Waals surface area contributed by atoms with E-state index in [0.717, 1.165) is 0 Å². The van der Waals surface area contributed by atoms with E-state index in [1.165, 1.54) is 23.0 Å². The predicted octanol–water partition coefficient (Wildman–Crippen LogP) is 5.41. The molecule has 1 saturated heterocycles. The first kappa shape index (κ1) is 23.8. The van der Waals surface area contributed by atoms with Crippen LogP contribution in [0.5, 0.6) is 5.75 Å². The molecule has 0 spiro atoms. The lowest BCUT2D eigenvalue weighted by molar-refractivity contribution is -0.140. The van der Waals surface area contributed by atoms with Gasteiger partial charge in [-0.1, -0.05) is 23.2 Å². The van der Waals surface area contributed by atoms with Crippen LogP contribution >= 0.6 is 35.4 Å². The van der Waals surface area contributed by atoms with E-state index < -0.39 is 11.9 Å². The van der Waals surface area contributed by atoms with Crippen LogP contribution in [0.25, 0.3) is 17.4 Å². The second kappa shape index (κ2) is 9.89. The average molecular weight is 517 g/mol. The van der Waals surface area contributed by atoms with Gasteiger partial charge in [0.15, 0.2) is 5.11 Å². The van der Waals surface area contributed by atoms with Gasteiger partial charge in [-0.05, 0) is 66.8 Å². The van der Waals surface area contributed by atoms with Crippen LogP contribution in [0.4, 0.5) is 5.69 Å². The van der Waals surface area contributed by atoms with Gasteiger partial charge in [0, 0.05) is 16.7 Å². The molecule has 2 aromatic carbocycles. The van der Waals surface area contributed by atoms with Crippen LogP contribution in [0.3, 0.4) is 0 Å². The van der Waals surface area contributed by atoms with Gasteiger partial charge in [-0.15, -0.1) is 0 Å². The summed E-state index contributed by atoms with van der Waals surface area (Å²) in [5, 5.41) is 1.07. The third-order valence-corrected chi connectivity index (χ3v) is 6.03. The van der Waals surface area contributed by atoms with Gasteiger partial charge >= 0.3 is 5.97 Å². The molecule has 1 fully saturated rings. The zero-order valence-corrected chi connectivity index (χ0v) is 20.4. The van der Waals surface area contributed by atoms with Crippen molar-refractivity contribution < 1.29 is 23.5 Å². The lowest BCUT2D eigenvalue weighted by Crippen LogP contribution is -2.35. The Morgan fingerprint density at radius 3 is 2.47 bits per heavy atom. The number of hydrogen-bond acceptors (Lipinski definition) is 6. The normalized spacial score (nSPS) is 14.8. The van der Waals surface area contributed by atoms with Crippen LogP contribution in [0.15, 0.2) is 64.7 Å². The number of halogens is 2. The van der Waals surface area contributed by atoms with Crippen molar-refractivity contribution in [3.63, 3.8) is 0 Å². The number of rotatable bonds is 6. The Balaban J connectivity index is 1.71. The van der Waals surface area contributed by atoms with Crippen LogP contribution in [-0.4, -0.2) is 42.7 Å². The molecule has 0 saturated carbocycles. The maximum Gasteiger partial charge on any atom is 0.325 e. The Morgan fingerprint density at radius 1 is 1.09 bits per heavy atom. The topological polar surface area (TPSA) is 72.2 Å². The highest BCUT2D eigenvalue weighted by atomic mass is 35.5. The first-order chi connectivity index (χ1) is 16.3. The number of nitrogens with zero attached hydrogens (tertiary/aromatic N) is 2. The maximum atomic E-state index is 13.4. The van der Waals surface area contributed by atoms with E-state index in [2.05, 4.69) is 0 Å². The minimum Gasteiger partial charge on any atom is -0.497 e. The molecule has 0 N–H and O–H groups in total.